The number of carbonyl (C=O) groups is 1. The van der Waals surface area contributed by atoms with Gasteiger partial charge in [-0.2, -0.15) is 14.8 Å². The Balaban J connectivity index is 2.17. The zero-order valence-corrected chi connectivity index (χ0v) is 17.9. The van der Waals surface area contributed by atoms with Crippen LogP contribution < -0.4 is 10.5 Å². The highest BCUT2D eigenvalue weighted by atomic mass is 32.2. The first-order valence-corrected chi connectivity index (χ1v) is 11.9. The Morgan fingerprint density at radius 3 is 1.81 bits per heavy atom. The van der Waals surface area contributed by atoms with Crippen LogP contribution in [0.15, 0.2) is 58.3 Å². The number of anilines is 1. The van der Waals surface area contributed by atoms with E-state index in [4.69, 9.17) is 15.7 Å². The number of nitriles is 2. The highest BCUT2D eigenvalue weighted by molar-refractivity contribution is 7.89. The molecule has 0 bridgehead atoms. The quantitative estimate of drug-likeness (QED) is 0.567. The molecule has 2 aromatic carbocycles. The summed E-state index contributed by atoms with van der Waals surface area (Å²) in [6.45, 7) is -0.0888. The molecule has 0 aliphatic heterocycles. The summed E-state index contributed by atoms with van der Waals surface area (Å²) in [5.41, 5.74) is 0.503. The molecular weight excluding hydrogens is 442 g/mol. The molecule has 0 aromatic heterocycles. The Hall–Kier alpha value is -3.29. The van der Waals surface area contributed by atoms with E-state index in [0.29, 0.717) is 5.69 Å². The Morgan fingerprint density at radius 2 is 1.35 bits per heavy atom. The second kappa shape index (κ2) is 10.1. The van der Waals surface area contributed by atoms with Crippen molar-refractivity contribution in [1.82, 2.24) is 4.31 Å². The molecule has 0 atom stereocenters. The third-order valence-electron chi connectivity index (χ3n) is 4.14. The van der Waals surface area contributed by atoms with E-state index in [1.165, 1.54) is 48.5 Å². The van der Waals surface area contributed by atoms with E-state index < -0.39 is 26.0 Å². The van der Waals surface area contributed by atoms with Gasteiger partial charge in [0.05, 0.1) is 21.9 Å². The van der Waals surface area contributed by atoms with E-state index in [-0.39, 0.29) is 41.3 Å². The summed E-state index contributed by atoms with van der Waals surface area (Å²) in [5.74, 6) is -0.530. The smallest absolute Gasteiger partial charge is 0.255 e. The van der Waals surface area contributed by atoms with Crippen LogP contribution >= 0.6 is 0 Å². The Kier molecular flexibility index (Phi) is 7.85. The summed E-state index contributed by atoms with van der Waals surface area (Å²) in [5, 5.41) is 25.1. The first-order chi connectivity index (χ1) is 14.6. The van der Waals surface area contributed by atoms with Crippen molar-refractivity contribution in [3.05, 3.63) is 54.1 Å². The number of benzene rings is 2. The van der Waals surface area contributed by atoms with Crippen molar-refractivity contribution in [3.8, 4) is 12.1 Å². The van der Waals surface area contributed by atoms with Gasteiger partial charge in [-0.05, 0) is 48.5 Å². The maximum atomic E-state index is 12.8. The summed E-state index contributed by atoms with van der Waals surface area (Å²) in [6.07, 6.45) is -0.0369. The first-order valence-electron chi connectivity index (χ1n) is 8.88. The molecule has 2 aromatic rings. The fourth-order valence-corrected chi connectivity index (χ4v) is 4.52. The van der Waals surface area contributed by atoms with Gasteiger partial charge in [-0.1, -0.05) is 0 Å². The average molecular weight is 462 g/mol. The predicted octanol–water partition coefficient (Wildman–Crippen LogP) is 1.40. The van der Waals surface area contributed by atoms with Gasteiger partial charge in [-0.15, -0.1) is 0 Å². The molecule has 12 heteroatoms. The van der Waals surface area contributed by atoms with Gasteiger partial charge in [0.25, 0.3) is 5.91 Å². The van der Waals surface area contributed by atoms with Crippen LogP contribution in [0.5, 0.6) is 0 Å². The lowest BCUT2D eigenvalue weighted by molar-refractivity contribution is 0.102. The number of primary sulfonamides is 1. The van der Waals surface area contributed by atoms with Gasteiger partial charge >= 0.3 is 0 Å². The second-order valence-corrected chi connectivity index (χ2v) is 9.77. The summed E-state index contributed by atoms with van der Waals surface area (Å²) in [7, 11) is -7.78. The average Bonchev–Trinajstić information content (AvgIpc) is 2.73. The van der Waals surface area contributed by atoms with Crippen molar-refractivity contribution in [2.75, 3.05) is 18.4 Å². The summed E-state index contributed by atoms with van der Waals surface area (Å²) >= 11 is 0. The number of amides is 1. The molecule has 0 spiro atoms. The van der Waals surface area contributed by atoms with Crippen LogP contribution in [0.25, 0.3) is 0 Å². The Morgan fingerprint density at radius 1 is 0.871 bits per heavy atom. The number of nitrogens with two attached hydrogens (primary N) is 1. The third-order valence-corrected chi connectivity index (χ3v) is 6.98. The standard InChI is InChI=1S/C19H19N5O5S2/c20-11-1-13-24(14-2-12-21)31(28,29)18-7-3-15(4-8-18)19(25)23-16-5-9-17(10-6-16)30(22,26)27/h3-10H,1-2,13-14H2,(H,23,25)(H2,22,26,27). The van der Waals surface area contributed by atoms with E-state index in [9.17, 15) is 21.6 Å². The van der Waals surface area contributed by atoms with E-state index >= 15 is 0 Å². The molecule has 0 unspecified atom stereocenters. The van der Waals surface area contributed by atoms with Crippen LogP contribution in [-0.2, 0) is 20.0 Å². The molecule has 0 heterocycles. The van der Waals surface area contributed by atoms with Crippen molar-refractivity contribution in [2.24, 2.45) is 5.14 Å². The lowest BCUT2D eigenvalue weighted by Gasteiger charge is -2.20. The highest BCUT2D eigenvalue weighted by Gasteiger charge is 2.24. The van der Waals surface area contributed by atoms with Crippen LogP contribution in [0.2, 0.25) is 0 Å². The van der Waals surface area contributed by atoms with Crippen LogP contribution in [0, 0.1) is 22.7 Å². The molecule has 162 valence electrons. The van der Waals surface area contributed by atoms with E-state index in [2.05, 4.69) is 5.32 Å². The SMILES string of the molecule is N#CCCN(CCC#N)S(=O)(=O)c1ccc(C(=O)Nc2ccc(S(N)(=O)=O)cc2)cc1. The molecule has 31 heavy (non-hydrogen) atoms. The predicted molar refractivity (Wildman–Crippen MR) is 111 cm³/mol. The van der Waals surface area contributed by atoms with Crippen molar-refractivity contribution in [2.45, 2.75) is 22.6 Å². The van der Waals surface area contributed by atoms with E-state index in [0.717, 1.165) is 4.31 Å². The molecule has 0 saturated heterocycles. The van der Waals surface area contributed by atoms with Crippen LogP contribution in [-0.4, -0.2) is 40.1 Å². The number of sulfonamides is 2. The van der Waals surface area contributed by atoms with Crippen LogP contribution in [0.1, 0.15) is 23.2 Å². The van der Waals surface area contributed by atoms with Gasteiger partial charge < -0.3 is 5.32 Å². The molecule has 0 aliphatic rings. The molecule has 0 aliphatic carbocycles. The number of rotatable bonds is 9. The normalized spacial score (nSPS) is 11.5. The summed E-state index contributed by atoms with van der Waals surface area (Å²) in [4.78, 5) is 12.2. The van der Waals surface area contributed by atoms with Crippen molar-refractivity contribution < 1.29 is 21.6 Å². The minimum absolute atomic E-state index is 0.0185. The zero-order chi connectivity index (χ0) is 23.1. The minimum Gasteiger partial charge on any atom is -0.322 e. The number of hydrogen-bond acceptors (Lipinski definition) is 7. The van der Waals surface area contributed by atoms with E-state index in [1.807, 2.05) is 12.1 Å². The maximum absolute atomic E-state index is 12.8. The first kappa shape index (κ1) is 24.0. The number of hydrogen-bond donors (Lipinski definition) is 2. The fourth-order valence-electron chi connectivity index (χ4n) is 2.56. The van der Waals surface area contributed by atoms with Crippen LogP contribution in [0.4, 0.5) is 5.69 Å². The van der Waals surface area contributed by atoms with Gasteiger partial charge in [0.2, 0.25) is 20.0 Å². The largest absolute Gasteiger partial charge is 0.322 e. The van der Waals surface area contributed by atoms with Gasteiger partial charge in [0, 0.05) is 37.2 Å². The number of nitrogens with zero attached hydrogens (tertiary/aromatic N) is 3. The third kappa shape index (κ3) is 6.34. The molecule has 10 nitrogen and oxygen atoms in total. The Bertz CT molecular complexity index is 1210. The monoisotopic (exact) mass is 461 g/mol. The van der Waals surface area contributed by atoms with Gasteiger partial charge in [0.1, 0.15) is 0 Å². The maximum Gasteiger partial charge on any atom is 0.255 e. The lowest BCUT2D eigenvalue weighted by Crippen LogP contribution is -2.32. The molecule has 0 saturated carbocycles. The highest BCUT2D eigenvalue weighted by Crippen LogP contribution is 2.19. The van der Waals surface area contributed by atoms with Crippen molar-refractivity contribution in [3.63, 3.8) is 0 Å². The minimum atomic E-state index is -3.93. The molecule has 2 rings (SSSR count). The molecule has 1 amide bonds. The van der Waals surface area contributed by atoms with Gasteiger partial charge in [-0.3, -0.25) is 4.79 Å². The van der Waals surface area contributed by atoms with Crippen molar-refractivity contribution in [1.29, 1.82) is 10.5 Å². The zero-order valence-electron chi connectivity index (χ0n) is 16.2. The van der Waals surface area contributed by atoms with Crippen molar-refractivity contribution >= 4 is 31.6 Å². The summed E-state index contributed by atoms with van der Waals surface area (Å²) in [6, 6.07) is 14.2. The fraction of sp³-hybridized carbons (Fsp3) is 0.211. The molecule has 3 N–H and O–H groups in total. The summed E-state index contributed by atoms with van der Waals surface area (Å²) < 4.78 is 49.2. The Labute approximate surface area is 180 Å². The number of carbonyl (C=O) groups excluding carboxylic acids is 1. The van der Waals surface area contributed by atoms with Crippen LogP contribution in [0.3, 0.4) is 0 Å². The second-order valence-electron chi connectivity index (χ2n) is 6.27. The molecule has 0 radical (unpaired) electrons. The topological polar surface area (TPSA) is 174 Å². The molecular formula is C19H19N5O5S2. The van der Waals surface area contributed by atoms with Gasteiger partial charge in [-0.25, -0.2) is 22.0 Å². The van der Waals surface area contributed by atoms with E-state index in [1.54, 1.807) is 0 Å². The number of nitrogens with one attached hydrogen (secondary N) is 1. The molecule has 0 fully saturated rings. The van der Waals surface area contributed by atoms with Gasteiger partial charge in [0.15, 0.2) is 0 Å². The lowest BCUT2D eigenvalue weighted by atomic mass is 10.2.